The molecule has 8 heteroatoms. The number of primary amides is 1. The Kier molecular flexibility index (Phi) is 3.86. The number of likely N-dealkylation sites (tertiary alicyclic amines) is 1. The van der Waals surface area contributed by atoms with Crippen molar-refractivity contribution in [2.75, 3.05) is 13.6 Å². The smallest absolute Gasteiger partial charge is 0.269 e. The second-order valence-electron chi connectivity index (χ2n) is 8.98. The van der Waals surface area contributed by atoms with E-state index >= 15 is 0 Å². The Balaban J connectivity index is 1.53. The Morgan fingerprint density at radius 2 is 2.23 bits per heavy atom. The van der Waals surface area contributed by atoms with E-state index < -0.39 is 11.5 Å². The highest BCUT2D eigenvalue weighted by Gasteiger charge is 2.54. The lowest BCUT2D eigenvalue weighted by Gasteiger charge is -2.19. The van der Waals surface area contributed by atoms with Crippen LogP contribution in [0.4, 0.5) is 0 Å². The van der Waals surface area contributed by atoms with Crippen LogP contribution in [0.5, 0.6) is 0 Å². The molecule has 1 saturated heterocycles. The molecule has 0 radical (unpaired) electrons. The van der Waals surface area contributed by atoms with E-state index in [1.807, 2.05) is 0 Å². The molecule has 30 heavy (non-hydrogen) atoms. The number of hydrogen-bond donors (Lipinski definition) is 2. The van der Waals surface area contributed by atoms with E-state index in [0.717, 1.165) is 30.5 Å². The van der Waals surface area contributed by atoms with Crippen LogP contribution in [-0.2, 0) is 17.6 Å². The summed E-state index contributed by atoms with van der Waals surface area (Å²) < 4.78 is 1.70. The van der Waals surface area contributed by atoms with Crippen LogP contribution in [0.25, 0.3) is 5.82 Å². The molecule has 1 saturated carbocycles. The number of nitrogens with two attached hydrogens (primary N) is 1. The maximum Gasteiger partial charge on any atom is 0.269 e. The van der Waals surface area contributed by atoms with Gasteiger partial charge in [0.2, 0.25) is 5.60 Å². The predicted octanol–water partition coefficient (Wildman–Crippen LogP) is 0.436. The van der Waals surface area contributed by atoms with Crippen molar-refractivity contribution >= 4 is 11.8 Å². The first kappa shape index (κ1) is 18.8. The lowest BCUT2D eigenvalue weighted by atomic mass is 9.87. The number of fused-ring (bicyclic) bond motifs is 2. The monoisotopic (exact) mass is 405 g/mol. The van der Waals surface area contributed by atoms with Crippen LogP contribution in [0.3, 0.4) is 0 Å². The third kappa shape index (κ3) is 2.81. The highest BCUT2D eigenvalue weighted by atomic mass is 16.3. The number of hydrogen-bond acceptors (Lipinski definition) is 5. The fourth-order valence-electron chi connectivity index (χ4n) is 4.69. The first-order valence-electron chi connectivity index (χ1n) is 10.1. The molecule has 0 bridgehead atoms. The van der Waals surface area contributed by atoms with Crippen LogP contribution in [-0.4, -0.2) is 55.8 Å². The number of likely N-dealkylation sites (N-methyl/N-ethyl adjacent to an activating group) is 1. The first-order valence-corrected chi connectivity index (χ1v) is 10.1. The van der Waals surface area contributed by atoms with Crippen molar-refractivity contribution < 1.29 is 14.7 Å². The normalized spacial score (nSPS) is 29.1. The molecule has 3 atom stereocenters. The molecule has 8 nitrogen and oxygen atoms in total. The lowest BCUT2D eigenvalue weighted by Crippen LogP contribution is -2.37. The molecule has 2 aromatic rings. The van der Waals surface area contributed by atoms with Crippen molar-refractivity contribution in [3.8, 4) is 17.7 Å². The van der Waals surface area contributed by atoms with Crippen molar-refractivity contribution in [1.29, 1.82) is 0 Å². The fraction of sp³-hybridized carbons (Fsp3) is 0.455. The molecular weight excluding hydrogens is 382 g/mol. The van der Waals surface area contributed by atoms with E-state index in [1.54, 1.807) is 30.1 Å². The molecular formula is C22H23N5O3. The third-order valence-corrected chi connectivity index (χ3v) is 6.77. The minimum Gasteiger partial charge on any atom is -0.369 e. The van der Waals surface area contributed by atoms with Gasteiger partial charge < -0.3 is 15.7 Å². The Hall–Kier alpha value is -3.18. The van der Waals surface area contributed by atoms with Gasteiger partial charge in [-0.25, -0.2) is 9.67 Å². The summed E-state index contributed by atoms with van der Waals surface area (Å²) in [6.45, 7) is 2.73. The predicted molar refractivity (Wildman–Crippen MR) is 108 cm³/mol. The molecule has 3 heterocycles. The summed E-state index contributed by atoms with van der Waals surface area (Å²) in [4.78, 5) is 30.0. The molecule has 2 fully saturated rings. The third-order valence-electron chi connectivity index (χ3n) is 6.77. The lowest BCUT2D eigenvalue weighted by molar-refractivity contribution is -0.137. The van der Waals surface area contributed by atoms with Crippen LogP contribution < -0.4 is 5.73 Å². The van der Waals surface area contributed by atoms with E-state index in [0.29, 0.717) is 29.5 Å². The average Bonchev–Trinajstić information content (AvgIpc) is 3.14. The molecule has 0 aromatic carbocycles. The van der Waals surface area contributed by atoms with Crippen LogP contribution >= 0.6 is 0 Å². The van der Waals surface area contributed by atoms with Gasteiger partial charge in [0, 0.05) is 37.3 Å². The zero-order chi connectivity index (χ0) is 21.3. The van der Waals surface area contributed by atoms with Gasteiger partial charge in [0.05, 0.1) is 5.69 Å². The maximum atomic E-state index is 12.1. The second kappa shape index (κ2) is 6.16. The number of aliphatic hydroxyl groups is 1. The zero-order valence-corrected chi connectivity index (χ0v) is 17.0. The number of aromatic nitrogens is 3. The average molecular weight is 405 g/mol. The standard InChI is InChI=1S/C22H23N5O3/c1-21-11-14(21)10-15-16(12-21)27(25-18(15)19(23)28)17-9-13(4-7-24-17)3-5-22(30)6-8-26(2)20(22)29/h4,7,9,14,30H,6,8,10-12H2,1-2H3,(H2,23,28)/t14-,21?,22-/m0/s1. The number of nitrogens with zero attached hydrogens (tertiary/aromatic N) is 4. The van der Waals surface area contributed by atoms with Crippen molar-refractivity contribution in [2.24, 2.45) is 17.1 Å². The number of pyridine rings is 1. The minimum absolute atomic E-state index is 0.245. The molecule has 0 spiro atoms. The molecule has 5 rings (SSSR count). The summed E-state index contributed by atoms with van der Waals surface area (Å²) in [5.74, 6) is 5.82. The van der Waals surface area contributed by atoms with E-state index in [1.165, 1.54) is 4.90 Å². The van der Waals surface area contributed by atoms with Gasteiger partial charge in [-0.3, -0.25) is 9.59 Å². The number of amides is 2. The fourth-order valence-corrected chi connectivity index (χ4v) is 4.69. The zero-order valence-electron chi connectivity index (χ0n) is 17.0. The number of carbonyl (C=O) groups excluding carboxylic acids is 2. The van der Waals surface area contributed by atoms with E-state index in [-0.39, 0.29) is 17.7 Å². The van der Waals surface area contributed by atoms with Crippen LogP contribution in [0.1, 0.15) is 47.1 Å². The molecule has 2 aliphatic carbocycles. The van der Waals surface area contributed by atoms with E-state index in [4.69, 9.17) is 5.73 Å². The highest BCUT2D eigenvalue weighted by molar-refractivity contribution is 5.93. The topological polar surface area (TPSA) is 114 Å². The second-order valence-corrected chi connectivity index (χ2v) is 8.98. The van der Waals surface area contributed by atoms with Gasteiger partial charge in [-0.05, 0) is 42.7 Å². The number of carbonyl (C=O) groups is 2. The first-order chi connectivity index (χ1) is 14.2. The summed E-state index contributed by atoms with van der Waals surface area (Å²) in [5, 5.41) is 15.0. The molecule has 3 N–H and O–H groups in total. The van der Waals surface area contributed by atoms with Crippen molar-refractivity contribution in [1.82, 2.24) is 19.7 Å². The number of rotatable bonds is 2. The van der Waals surface area contributed by atoms with Crippen LogP contribution in [0.15, 0.2) is 18.3 Å². The Morgan fingerprint density at radius 3 is 2.93 bits per heavy atom. The van der Waals surface area contributed by atoms with Gasteiger partial charge in [-0.2, -0.15) is 5.10 Å². The SMILES string of the molecule is CN1CC[C@@](O)(C#Cc2ccnc(-n3nc(C(N)=O)c4c3CC3(C)C[C@@H]3C4)c2)C1=O. The van der Waals surface area contributed by atoms with Gasteiger partial charge in [-0.15, -0.1) is 0 Å². The Labute approximate surface area is 174 Å². The minimum atomic E-state index is -1.65. The quantitative estimate of drug-likeness (QED) is 0.704. The Morgan fingerprint density at radius 1 is 1.43 bits per heavy atom. The maximum absolute atomic E-state index is 12.1. The molecule has 2 aromatic heterocycles. The molecule has 2 amide bonds. The van der Waals surface area contributed by atoms with Gasteiger partial charge in [-0.1, -0.05) is 18.8 Å². The summed E-state index contributed by atoms with van der Waals surface area (Å²) in [5.41, 5.74) is 6.99. The van der Waals surface area contributed by atoms with Crippen LogP contribution in [0, 0.1) is 23.2 Å². The van der Waals surface area contributed by atoms with Crippen molar-refractivity contribution in [3.63, 3.8) is 0 Å². The highest BCUT2D eigenvalue weighted by Crippen LogP contribution is 2.59. The van der Waals surface area contributed by atoms with Crippen LogP contribution in [0.2, 0.25) is 0 Å². The molecule has 1 unspecified atom stereocenters. The largest absolute Gasteiger partial charge is 0.369 e. The van der Waals surface area contributed by atoms with E-state index in [2.05, 4.69) is 28.8 Å². The van der Waals surface area contributed by atoms with Gasteiger partial charge in [0.15, 0.2) is 11.5 Å². The Bertz CT molecular complexity index is 1160. The summed E-state index contributed by atoms with van der Waals surface area (Å²) in [7, 11) is 1.65. The van der Waals surface area contributed by atoms with E-state index in [9.17, 15) is 14.7 Å². The summed E-state index contributed by atoms with van der Waals surface area (Å²) >= 11 is 0. The molecule has 154 valence electrons. The summed E-state index contributed by atoms with van der Waals surface area (Å²) in [6, 6.07) is 3.46. The summed E-state index contributed by atoms with van der Waals surface area (Å²) in [6.07, 6.45) is 4.66. The van der Waals surface area contributed by atoms with Crippen molar-refractivity contribution in [3.05, 3.63) is 40.8 Å². The molecule has 1 aliphatic heterocycles. The van der Waals surface area contributed by atoms with Gasteiger partial charge in [0.1, 0.15) is 0 Å². The van der Waals surface area contributed by atoms with Gasteiger partial charge >= 0.3 is 0 Å². The van der Waals surface area contributed by atoms with Crippen molar-refractivity contribution in [2.45, 2.75) is 38.2 Å². The molecule has 3 aliphatic rings. The van der Waals surface area contributed by atoms with Gasteiger partial charge in [0.25, 0.3) is 11.8 Å².